The summed E-state index contributed by atoms with van der Waals surface area (Å²) in [4.78, 5) is 13.9. The lowest BCUT2D eigenvalue weighted by Gasteiger charge is -2.35. The van der Waals surface area contributed by atoms with E-state index in [0.29, 0.717) is 25.6 Å². The van der Waals surface area contributed by atoms with Gasteiger partial charge in [0.15, 0.2) is 5.76 Å². The van der Waals surface area contributed by atoms with E-state index in [-0.39, 0.29) is 18.3 Å². The average Bonchev–Trinajstić information content (AvgIpc) is 2.83. The second kappa shape index (κ2) is 9.02. The van der Waals surface area contributed by atoms with Gasteiger partial charge in [0.1, 0.15) is 0 Å². The Hall–Kier alpha value is -1.11. The summed E-state index contributed by atoms with van der Waals surface area (Å²) in [6.45, 7) is 4.81. The number of likely N-dealkylation sites (tertiary alicyclic amines) is 1. The Labute approximate surface area is 131 Å². The van der Waals surface area contributed by atoms with Gasteiger partial charge < -0.3 is 15.6 Å². The molecule has 3 N–H and O–H groups in total. The molecule has 0 aliphatic carbocycles. The van der Waals surface area contributed by atoms with Crippen molar-refractivity contribution in [3.05, 3.63) is 17.5 Å². The van der Waals surface area contributed by atoms with Crippen molar-refractivity contribution >= 4 is 18.3 Å². The maximum absolute atomic E-state index is 11.5. The monoisotopic (exact) mass is 316 g/mol. The van der Waals surface area contributed by atoms with Gasteiger partial charge in [-0.3, -0.25) is 9.69 Å². The number of halogens is 1. The summed E-state index contributed by atoms with van der Waals surface area (Å²) < 4.78 is 5.28. The SMILES string of the molecule is Cc1cc(CN2CCCCC2CNC(=O)CCN)on1.Cl. The molecule has 120 valence electrons. The first-order chi connectivity index (χ1) is 9.69. The summed E-state index contributed by atoms with van der Waals surface area (Å²) in [5.41, 5.74) is 6.29. The van der Waals surface area contributed by atoms with Crippen molar-refractivity contribution < 1.29 is 9.32 Å². The van der Waals surface area contributed by atoms with Gasteiger partial charge in [-0.25, -0.2) is 0 Å². The van der Waals surface area contributed by atoms with Crippen molar-refractivity contribution in [3.63, 3.8) is 0 Å². The molecule has 1 aromatic heterocycles. The second-order valence-corrected chi connectivity index (χ2v) is 5.40. The molecule has 0 radical (unpaired) electrons. The molecular weight excluding hydrogens is 292 g/mol. The molecule has 0 saturated carbocycles. The first-order valence-corrected chi connectivity index (χ1v) is 7.32. The van der Waals surface area contributed by atoms with E-state index < -0.39 is 0 Å². The van der Waals surface area contributed by atoms with E-state index in [0.717, 1.165) is 31.0 Å². The number of carbonyl (C=O) groups excluding carboxylic acids is 1. The van der Waals surface area contributed by atoms with Gasteiger partial charge in [-0.2, -0.15) is 0 Å². The molecule has 7 heteroatoms. The van der Waals surface area contributed by atoms with Crippen molar-refractivity contribution in [3.8, 4) is 0 Å². The zero-order valence-corrected chi connectivity index (χ0v) is 13.3. The molecule has 1 aromatic rings. The molecule has 2 heterocycles. The van der Waals surface area contributed by atoms with Crippen LogP contribution in [-0.4, -0.2) is 41.6 Å². The predicted octanol–water partition coefficient (Wildman–Crippen LogP) is 1.22. The minimum atomic E-state index is 0. The van der Waals surface area contributed by atoms with Gasteiger partial charge in [0.2, 0.25) is 5.91 Å². The lowest BCUT2D eigenvalue weighted by atomic mass is 10.0. The summed E-state index contributed by atoms with van der Waals surface area (Å²) in [6, 6.07) is 2.34. The van der Waals surface area contributed by atoms with E-state index in [1.165, 1.54) is 12.8 Å². The van der Waals surface area contributed by atoms with Crippen LogP contribution in [0, 0.1) is 6.92 Å². The van der Waals surface area contributed by atoms with Crippen LogP contribution < -0.4 is 11.1 Å². The molecule has 0 spiro atoms. The molecule has 0 bridgehead atoms. The highest BCUT2D eigenvalue weighted by Crippen LogP contribution is 2.19. The predicted molar refractivity (Wildman–Crippen MR) is 83.2 cm³/mol. The van der Waals surface area contributed by atoms with Gasteiger partial charge in [-0.05, 0) is 26.3 Å². The molecule has 1 aliphatic heterocycles. The molecule has 0 aromatic carbocycles. The summed E-state index contributed by atoms with van der Waals surface area (Å²) in [5, 5.41) is 6.89. The van der Waals surface area contributed by atoms with E-state index in [1.54, 1.807) is 0 Å². The van der Waals surface area contributed by atoms with Crippen molar-refractivity contribution in [1.29, 1.82) is 0 Å². The number of carbonyl (C=O) groups is 1. The third-order valence-corrected chi connectivity index (χ3v) is 3.69. The standard InChI is InChI=1S/C14H24N4O2.ClH/c1-11-8-13(20-17-11)10-18-7-3-2-4-12(18)9-16-14(19)5-6-15;/h8,12H,2-7,9-10,15H2,1H3,(H,16,19);1H. The Balaban J connectivity index is 0.00000220. The molecule has 1 fully saturated rings. The fourth-order valence-corrected chi connectivity index (χ4v) is 2.64. The molecule has 1 unspecified atom stereocenters. The lowest BCUT2D eigenvalue weighted by Crippen LogP contribution is -2.46. The Bertz CT molecular complexity index is 438. The van der Waals surface area contributed by atoms with E-state index in [9.17, 15) is 4.79 Å². The maximum Gasteiger partial charge on any atom is 0.221 e. The lowest BCUT2D eigenvalue weighted by molar-refractivity contribution is -0.121. The second-order valence-electron chi connectivity index (χ2n) is 5.40. The molecule has 1 amide bonds. The Morgan fingerprint density at radius 1 is 1.57 bits per heavy atom. The van der Waals surface area contributed by atoms with Crippen molar-refractivity contribution in [2.24, 2.45) is 5.73 Å². The quantitative estimate of drug-likeness (QED) is 0.824. The highest BCUT2D eigenvalue weighted by Gasteiger charge is 2.23. The fourth-order valence-electron chi connectivity index (χ4n) is 2.64. The Morgan fingerprint density at radius 2 is 2.38 bits per heavy atom. The van der Waals surface area contributed by atoms with Crippen molar-refractivity contribution in [2.45, 2.75) is 45.2 Å². The zero-order chi connectivity index (χ0) is 14.4. The molecule has 21 heavy (non-hydrogen) atoms. The fraction of sp³-hybridized carbons (Fsp3) is 0.714. The van der Waals surface area contributed by atoms with Crippen LogP contribution in [0.1, 0.15) is 37.1 Å². The summed E-state index contributed by atoms with van der Waals surface area (Å²) in [6.07, 6.45) is 3.91. The normalized spacial score (nSPS) is 19.0. The van der Waals surface area contributed by atoms with Crippen molar-refractivity contribution in [1.82, 2.24) is 15.4 Å². The van der Waals surface area contributed by atoms with E-state index >= 15 is 0 Å². The Morgan fingerprint density at radius 3 is 3.05 bits per heavy atom. The molecule has 1 atom stereocenters. The summed E-state index contributed by atoms with van der Waals surface area (Å²) in [5.74, 6) is 0.927. The van der Waals surface area contributed by atoms with Gasteiger partial charge in [-0.1, -0.05) is 11.6 Å². The van der Waals surface area contributed by atoms with Crippen molar-refractivity contribution in [2.75, 3.05) is 19.6 Å². The van der Waals surface area contributed by atoms with Crippen LogP contribution in [-0.2, 0) is 11.3 Å². The van der Waals surface area contributed by atoms with E-state index in [1.807, 2.05) is 13.0 Å². The van der Waals surface area contributed by atoms with E-state index in [4.69, 9.17) is 10.3 Å². The number of aromatic nitrogens is 1. The number of rotatable bonds is 6. The number of amides is 1. The number of hydrogen-bond donors (Lipinski definition) is 2. The van der Waals surface area contributed by atoms with Crippen LogP contribution in [0.15, 0.2) is 10.6 Å². The number of nitrogens with one attached hydrogen (secondary N) is 1. The van der Waals surface area contributed by atoms with Crippen LogP contribution in [0.25, 0.3) is 0 Å². The van der Waals surface area contributed by atoms with Crippen LogP contribution >= 0.6 is 12.4 Å². The van der Waals surface area contributed by atoms with Gasteiger partial charge in [-0.15, -0.1) is 12.4 Å². The molecule has 6 nitrogen and oxygen atoms in total. The summed E-state index contributed by atoms with van der Waals surface area (Å²) >= 11 is 0. The smallest absolute Gasteiger partial charge is 0.221 e. The topological polar surface area (TPSA) is 84.4 Å². The largest absolute Gasteiger partial charge is 0.360 e. The van der Waals surface area contributed by atoms with E-state index in [2.05, 4.69) is 15.4 Å². The minimum Gasteiger partial charge on any atom is -0.360 e. The van der Waals surface area contributed by atoms with Gasteiger partial charge >= 0.3 is 0 Å². The first-order valence-electron chi connectivity index (χ1n) is 7.32. The van der Waals surface area contributed by atoms with Crippen LogP contribution in [0.4, 0.5) is 0 Å². The molecule has 2 rings (SSSR count). The number of nitrogens with two attached hydrogens (primary N) is 1. The highest BCUT2D eigenvalue weighted by atomic mass is 35.5. The average molecular weight is 317 g/mol. The summed E-state index contributed by atoms with van der Waals surface area (Å²) in [7, 11) is 0. The number of piperidine rings is 1. The molecule has 1 saturated heterocycles. The zero-order valence-electron chi connectivity index (χ0n) is 12.5. The maximum atomic E-state index is 11.5. The third kappa shape index (κ3) is 5.65. The number of nitrogens with zero attached hydrogens (tertiary/aromatic N) is 2. The van der Waals surface area contributed by atoms with Gasteiger partial charge in [0.25, 0.3) is 0 Å². The minimum absolute atomic E-state index is 0. The van der Waals surface area contributed by atoms with Crippen LogP contribution in [0.5, 0.6) is 0 Å². The Kier molecular flexibility index (Phi) is 7.71. The van der Waals surface area contributed by atoms with Crippen LogP contribution in [0.2, 0.25) is 0 Å². The van der Waals surface area contributed by atoms with Gasteiger partial charge in [0, 0.05) is 31.6 Å². The molecular formula is C14H25ClN4O2. The highest BCUT2D eigenvalue weighted by molar-refractivity contribution is 5.85. The number of hydrogen-bond acceptors (Lipinski definition) is 5. The van der Waals surface area contributed by atoms with Gasteiger partial charge in [0.05, 0.1) is 12.2 Å². The third-order valence-electron chi connectivity index (χ3n) is 3.69. The van der Waals surface area contributed by atoms with Crippen LogP contribution in [0.3, 0.4) is 0 Å². The first kappa shape index (κ1) is 17.9. The number of aryl methyl sites for hydroxylation is 1. The molecule has 1 aliphatic rings.